The molecular formula is C21H15ClN2O3. The molecule has 0 amide bonds. The smallest absolute Gasteiger partial charge is 0.339 e. The third-order valence-corrected chi connectivity index (χ3v) is 4.33. The Bertz CT molecular complexity index is 1120. The monoisotopic (exact) mass is 378 g/mol. The number of oxazole rings is 1. The summed E-state index contributed by atoms with van der Waals surface area (Å²) in [6.07, 6.45) is 1.60. The van der Waals surface area contributed by atoms with Crippen LogP contribution in [0.25, 0.3) is 22.2 Å². The fourth-order valence-electron chi connectivity index (χ4n) is 2.81. The molecule has 27 heavy (non-hydrogen) atoms. The van der Waals surface area contributed by atoms with Gasteiger partial charge in [0.25, 0.3) is 0 Å². The minimum atomic E-state index is -0.442. The van der Waals surface area contributed by atoms with E-state index in [1.165, 1.54) is 0 Å². The molecular weight excluding hydrogens is 364 g/mol. The van der Waals surface area contributed by atoms with E-state index in [0.717, 1.165) is 22.2 Å². The van der Waals surface area contributed by atoms with E-state index in [1.807, 2.05) is 43.3 Å². The predicted molar refractivity (Wildman–Crippen MR) is 103 cm³/mol. The number of carbonyl (C=O) groups excluding carboxylic acids is 1. The first kappa shape index (κ1) is 17.2. The van der Waals surface area contributed by atoms with Gasteiger partial charge in [0, 0.05) is 21.7 Å². The highest BCUT2D eigenvalue weighted by atomic mass is 35.5. The molecule has 4 rings (SSSR count). The number of hydrogen-bond acceptors (Lipinski definition) is 5. The lowest BCUT2D eigenvalue weighted by molar-refractivity contribution is 0.0441. The average Bonchev–Trinajstić information content (AvgIpc) is 3.15. The van der Waals surface area contributed by atoms with Crippen molar-refractivity contribution in [3.05, 3.63) is 83.0 Å². The summed E-state index contributed by atoms with van der Waals surface area (Å²) in [4.78, 5) is 21.2. The van der Waals surface area contributed by atoms with Crippen LogP contribution in [0.3, 0.4) is 0 Å². The Labute approximate surface area is 160 Å². The van der Waals surface area contributed by atoms with Gasteiger partial charge < -0.3 is 9.15 Å². The largest absolute Gasteiger partial charge is 0.452 e. The highest BCUT2D eigenvalue weighted by molar-refractivity contribution is 6.30. The summed E-state index contributed by atoms with van der Waals surface area (Å²) in [5, 5.41) is 1.40. The van der Waals surface area contributed by atoms with E-state index < -0.39 is 5.97 Å². The normalized spacial score (nSPS) is 10.9. The van der Waals surface area contributed by atoms with Gasteiger partial charge in [-0.1, -0.05) is 29.8 Å². The average molecular weight is 379 g/mol. The summed E-state index contributed by atoms with van der Waals surface area (Å²) in [6.45, 7) is 1.79. The summed E-state index contributed by atoms with van der Waals surface area (Å²) in [5.41, 5.74) is 2.83. The molecule has 0 unspecified atom stereocenters. The highest BCUT2D eigenvalue weighted by Gasteiger charge is 2.15. The van der Waals surface area contributed by atoms with E-state index in [0.29, 0.717) is 22.2 Å². The lowest BCUT2D eigenvalue weighted by atomic mass is 10.1. The number of aromatic nitrogens is 2. The molecule has 0 aliphatic carbocycles. The Hall–Kier alpha value is -3.18. The molecule has 2 aromatic carbocycles. The molecule has 5 nitrogen and oxygen atoms in total. The van der Waals surface area contributed by atoms with Crippen molar-refractivity contribution in [3.8, 4) is 11.3 Å². The Balaban J connectivity index is 1.51. The van der Waals surface area contributed by atoms with Crippen molar-refractivity contribution < 1.29 is 13.9 Å². The van der Waals surface area contributed by atoms with Gasteiger partial charge in [-0.3, -0.25) is 4.98 Å². The van der Waals surface area contributed by atoms with Crippen LogP contribution in [-0.4, -0.2) is 15.9 Å². The third-order valence-electron chi connectivity index (χ3n) is 4.07. The number of carbonyl (C=O) groups is 1. The van der Waals surface area contributed by atoms with Crippen LogP contribution >= 0.6 is 11.6 Å². The van der Waals surface area contributed by atoms with Crippen LogP contribution in [0, 0.1) is 6.92 Å². The molecule has 2 heterocycles. The third kappa shape index (κ3) is 3.68. The number of para-hydroxylation sites is 1. The molecule has 0 bridgehead atoms. The van der Waals surface area contributed by atoms with Crippen LogP contribution in [0.2, 0.25) is 5.02 Å². The number of esters is 1. The summed E-state index contributed by atoms with van der Waals surface area (Å²) >= 11 is 5.89. The SMILES string of the molecule is Cc1cc(C(=O)OCc2ncc(-c3ccc(Cl)cc3)o2)c2ccccc2n1. The van der Waals surface area contributed by atoms with Gasteiger partial charge in [-0.2, -0.15) is 0 Å². The number of ether oxygens (including phenoxy) is 1. The Morgan fingerprint density at radius 1 is 1.15 bits per heavy atom. The van der Waals surface area contributed by atoms with Crippen molar-refractivity contribution in [1.82, 2.24) is 9.97 Å². The molecule has 2 aromatic heterocycles. The van der Waals surface area contributed by atoms with Gasteiger partial charge >= 0.3 is 5.97 Å². The molecule has 0 aliphatic heterocycles. The van der Waals surface area contributed by atoms with Crippen molar-refractivity contribution in [2.75, 3.05) is 0 Å². The van der Waals surface area contributed by atoms with Crippen LogP contribution in [0.4, 0.5) is 0 Å². The first-order valence-electron chi connectivity index (χ1n) is 8.34. The second kappa shape index (κ2) is 7.21. The van der Waals surface area contributed by atoms with Crippen molar-refractivity contribution in [2.24, 2.45) is 0 Å². The molecule has 0 saturated heterocycles. The molecule has 0 spiro atoms. The minimum Gasteiger partial charge on any atom is -0.452 e. The van der Waals surface area contributed by atoms with Gasteiger partial charge in [-0.05, 0) is 43.3 Å². The number of benzene rings is 2. The summed E-state index contributed by atoms with van der Waals surface area (Å²) in [5.74, 6) is 0.467. The van der Waals surface area contributed by atoms with Crippen molar-refractivity contribution >= 4 is 28.5 Å². The quantitative estimate of drug-likeness (QED) is 0.456. The second-order valence-electron chi connectivity index (χ2n) is 6.03. The molecule has 134 valence electrons. The fourth-order valence-corrected chi connectivity index (χ4v) is 2.93. The zero-order valence-corrected chi connectivity index (χ0v) is 15.2. The maximum absolute atomic E-state index is 12.6. The summed E-state index contributed by atoms with van der Waals surface area (Å²) in [7, 11) is 0. The van der Waals surface area contributed by atoms with E-state index in [4.69, 9.17) is 20.8 Å². The number of nitrogens with zero attached hydrogens (tertiary/aromatic N) is 2. The van der Waals surface area contributed by atoms with Gasteiger partial charge in [-0.15, -0.1) is 0 Å². The van der Waals surface area contributed by atoms with Crippen molar-refractivity contribution in [2.45, 2.75) is 13.5 Å². The maximum Gasteiger partial charge on any atom is 0.339 e. The molecule has 0 fully saturated rings. The van der Waals surface area contributed by atoms with E-state index in [-0.39, 0.29) is 6.61 Å². The number of fused-ring (bicyclic) bond motifs is 1. The summed E-state index contributed by atoms with van der Waals surface area (Å²) < 4.78 is 11.1. The molecule has 0 atom stereocenters. The Morgan fingerprint density at radius 3 is 2.74 bits per heavy atom. The summed E-state index contributed by atoms with van der Waals surface area (Å²) in [6, 6.07) is 16.4. The van der Waals surface area contributed by atoms with Gasteiger partial charge in [0.15, 0.2) is 12.4 Å². The second-order valence-corrected chi connectivity index (χ2v) is 6.47. The molecule has 4 aromatic rings. The van der Waals surface area contributed by atoms with Crippen LogP contribution in [-0.2, 0) is 11.3 Å². The number of aryl methyl sites for hydroxylation is 1. The number of hydrogen-bond donors (Lipinski definition) is 0. The van der Waals surface area contributed by atoms with E-state index >= 15 is 0 Å². The van der Waals surface area contributed by atoms with Crippen molar-refractivity contribution in [3.63, 3.8) is 0 Å². The lowest BCUT2D eigenvalue weighted by Gasteiger charge is -2.07. The van der Waals surface area contributed by atoms with Gasteiger partial charge in [0.05, 0.1) is 17.3 Å². The van der Waals surface area contributed by atoms with Crippen LogP contribution in [0.1, 0.15) is 21.9 Å². The van der Waals surface area contributed by atoms with Crippen LogP contribution < -0.4 is 0 Å². The number of rotatable bonds is 4. The fraction of sp³-hybridized carbons (Fsp3) is 0.0952. The van der Waals surface area contributed by atoms with Crippen LogP contribution in [0.5, 0.6) is 0 Å². The number of pyridine rings is 1. The predicted octanol–water partition coefficient (Wildman–Crippen LogP) is 5.21. The zero-order chi connectivity index (χ0) is 18.8. The molecule has 6 heteroatoms. The lowest BCUT2D eigenvalue weighted by Crippen LogP contribution is -2.07. The van der Waals surface area contributed by atoms with E-state index in [1.54, 1.807) is 24.4 Å². The first-order valence-corrected chi connectivity index (χ1v) is 8.72. The zero-order valence-electron chi connectivity index (χ0n) is 14.5. The Kier molecular flexibility index (Phi) is 4.60. The molecule has 0 aliphatic rings. The first-order chi connectivity index (χ1) is 13.1. The van der Waals surface area contributed by atoms with Gasteiger partial charge in [-0.25, -0.2) is 9.78 Å². The van der Waals surface area contributed by atoms with Gasteiger partial charge in [0.2, 0.25) is 5.89 Å². The van der Waals surface area contributed by atoms with E-state index in [9.17, 15) is 4.79 Å². The Morgan fingerprint density at radius 2 is 1.93 bits per heavy atom. The maximum atomic E-state index is 12.6. The van der Waals surface area contributed by atoms with Crippen molar-refractivity contribution in [1.29, 1.82) is 0 Å². The van der Waals surface area contributed by atoms with Gasteiger partial charge in [0.1, 0.15) is 0 Å². The standard InChI is InChI=1S/C21H15ClN2O3/c1-13-10-17(16-4-2-3-5-18(16)24-13)21(25)26-12-20-23-11-19(27-20)14-6-8-15(22)9-7-14/h2-11H,12H2,1H3. The van der Waals surface area contributed by atoms with E-state index in [2.05, 4.69) is 9.97 Å². The number of halogens is 1. The molecule has 0 radical (unpaired) electrons. The molecule has 0 N–H and O–H groups in total. The minimum absolute atomic E-state index is 0.0535. The van der Waals surface area contributed by atoms with Crippen LogP contribution in [0.15, 0.2) is 65.2 Å². The highest BCUT2D eigenvalue weighted by Crippen LogP contribution is 2.23. The topological polar surface area (TPSA) is 65.2 Å². The molecule has 0 saturated carbocycles.